The minimum atomic E-state index is 0.239. The maximum Gasteiger partial charge on any atom is 0.227 e. The lowest BCUT2D eigenvalue weighted by molar-refractivity contribution is 0.211. The van der Waals surface area contributed by atoms with E-state index in [9.17, 15) is 5.11 Å². The standard InChI is InChI=1S/C26H34N6O/c1-30-12-5-13-32(17-16-30)26-28-24-18-22(33)8-9-23(24)25(29-26)27-21-10-14-31(15-11-21)19-20-6-3-2-4-7-20/h2-4,6-9,18,21,33H,5,10-17,19H2,1H3,(H,27,28,29). The Morgan fingerprint density at radius 2 is 1.76 bits per heavy atom. The number of hydrogen-bond donors (Lipinski definition) is 2. The smallest absolute Gasteiger partial charge is 0.227 e. The van der Waals surface area contributed by atoms with Gasteiger partial charge in [0.2, 0.25) is 5.95 Å². The van der Waals surface area contributed by atoms with Crippen LogP contribution in [-0.4, -0.2) is 77.2 Å². The van der Waals surface area contributed by atoms with Gasteiger partial charge in [-0.05, 0) is 50.6 Å². The average Bonchev–Trinajstić information content (AvgIpc) is 3.05. The van der Waals surface area contributed by atoms with Crippen molar-refractivity contribution in [1.29, 1.82) is 0 Å². The highest BCUT2D eigenvalue weighted by molar-refractivity contribution is 5.91. The van der Waals surface area contributed by atoms with Crippen LogP contribution in [0.2, 0.25) is 0 Å². The molecule has 7 nitrogen and oxygen atoms in total. The van der Waals surface area contributed by atoms with Crippen molar-refractivity contribution in [3.8, 4) is 5.75 Å². The number of aromatic hydroxyl groups is 1. The predicted molar refractivity (Wildman–Crippen MR) is 134 cm³/mol. The van der Waals surface area contributed by atoms with Crippen molar-refractivity contribution in [3.63, 3.8) is 0 Å². The van der Waals surface area contributed by atoms with Gasteiger partial charge in [0, 0.05) is 56.8 Å². The molecule has 33 heavy (non-hydrogen) atoms. The highest BCUT2D eigenvalue weighted by Gasteiger charge is 2.22. The summed E-state index contributed by atoms with van der Waals surface area (Å²) in [6.07, 6.45) is 3.26. The zero-order valence-electron chi connectivity index (χ0n) is 19.5. The Morgan fingerprint density at radius 1 is 0.939 bits per heavy atom. The molecule has 3 aromatic rings. The topological polar surface area (TPSA) is 67.8 Å². The van der Waals surface area contributed by atoms with Gasteiger partial charge in [0.05, 0.1) is 5.52 Å². The number of anilines is 2. The number of rotatable bonds is 5. The molecule has 3 heterocycles. The van der Waals surface area contributed by atoms with Crippen molar-refractivity contribution in [1.82, 2.24) is 19.8 Å². The van der Waals surface area contributed by atoms with Crippen molar-refractivity contribution >= 4 is 22.7 Å². The fourth-order valence-corrected chi connectivity index (χ4v) is 4.87. The number of likely N-dealkylation sites (tertiary alicyclic amines) is 1. The molecular weight excluding hydrogens is 412 g/mol. The van der Waals surface area contributed by atoms with Gasteiger partial charge in [-0.15, -0.1) is 0 Å². The van der Waals surface area contributed by atoms with Crippen molar-refractivity contribution < 1.29 is 5.11 Å². The summed E-state index contributed by atoms with van der Waals surface area (Å²) in [5, 5.41) is 14.8. The number of aromatic nitrogens is 2. The molecule has 0 aliphatic carbocycles. The summed E-state index contributed by atoms with van der Waals surface area (Å²) in [5.41, 5.74) is 2.17. The van der Waals surface area contributed by atoms with Crippen LogP contribution in [0.5, 0.6) is 5.75 Å². The normalized spacial score (nSPS) is 19.0. The summed E-state index contributed by atoms with van der Waals surface area (Å²) >= 11 is 0. The van der Waals surface area contributed by atoms with Crippen LogP contribution in [0.15, 0.2) is 48.5 Å². The molecule has 0 bridgehead atoms. The minimum Gasteiger partial charge on any atom is -0.508 e. The molecular formula is C26H34N6O. The number of likely N-dealkylation sites (N-methyl/N-ethyl adjacent to an activating group) is 1. The van der Waals surface area contributed by atoms with Crippen molar-refractivity contribution in [2.75, 3.05) is 56.5 Å². The Kier molecular flexibility index (Phi) is 6.60. The molecule has 0 unspecified atom stereocenters. The van der Waals surface area contributed by atoms with Crippen LogP contribution in [0.4, 0.5) is 11.8 Å². The fourth-order valence-electron chi connectivity index (χ4n) is 4.87. The van der Waals surface area contributed by atoms with Crippen molar-refractivity contribution in [2.24, 2.45) is 0 Å². The van der Waals surface area contributed by atoms with Crippen LogP contribution in [0.1, 0.15) is 24.8 Å². The summed E-state index contributed by atoms with van der Waals surface area (Å²) in [7, 11) is 2.17. The largest absolute Gasteiger partial charge is 0.508 e. The van der Waals surface area contributed by atoms with Gasteiger partial charge >= 0.3 is 0 Å². The van der Waals surface area contributed by atoms with Gasteiger partial charge in [0.25, 0.3) is 0 Å². The zero-order valence-corrected chi connectivity index (χ0v) is 19.5. The van der Waals surface area contributed by atoms with Crippen molar-refractivity contribution in [3.05, 3.63) is 54.1 Å². The minimum absolute atomic E-state index is 0.239. The second-order valence-corrected chi connectivity index (χ2v) is 9.40. The first kappa shape index (κ1) is 21.9. The molecule has 2 aliphatic heterocycles. The van der Waals surface area contributed by atoms with Crippen LogP contribution in [-0.2, 0) is 6.54 Å². The lowest BCUT2D eigenvalue weighted by atomic mass is 10.0. The summed E-state index contributed by atoms with van der Waals surface area (Å²) < 4.78 is 0. The Balaban J connectivity index is 1.32. The molecule has 2 saturated heterocycles. The van der Waals surface area contributed by atoms with Crippen LogP contribution in [0, 0.1) is 0 Å². The molecule has 0 saturated carbocycles. The average molecular weight is 447 g/mol. The van der Waals surface area contributed by atoms with Gasteiger partial charge in [-0.25, -0.2) is 4.98 Å². The van der Waals surface area contributed by atoms with E-state index in [1.807, 2.05) is 6.07 Å². The Labute approximate surface area is 196 Å². The number of nitrogens with zero attached hydrogens (tertiary/aromatic N) is 5. The number of phenols is 1. The third kappa shape index (κ3) is 5.37. The first-order valence-electron chi connectivity index (χ1n) is 12.1. The number of nitrogens with one attached hydrogen (secondary N) is 1. The van der Waals surface area contributed by atoms with Crippen LogP contribution in [0.3, 0.4) is 0 Å². The Morgan fingerprint density at radius 3 is 2.58 bits per heavy atom. The molecule has 0 amide bonds. The van der Waals surface area contributed by atoms with Crippen LogP contribution in [0.25, 0.3) is 10.9 Å². The zero-order chi connectivity index (χ0) is 22.6. The summed E-state index contributed by atoms with van der Waals surface area (Å²) in [4.78, 5) is 17.0. The summed E-state index contributed by atoms with van der Waals surface area (Å²) in [6, 6.07) is 16.5. The van der Waals surface area contributed by atoms with E-state index >= 15 is 0 Å². The molecule has 0 spiro atoms. The fraction of sp³-hybridized carbons (Fsp3) is 0.462. The van der Waals surface area contributed by atoms with Crippen LogP contribution < -0.4 is 10.2 Å². The maximum atomic E-state index is 10.1. The molecule has 2 fully saturated rings. The molecule has 2 aromatic carbocycles. The van der Waals surface area contributed by atoms with E-state index in [0.717, 1.165) is 87.7 Å². The maximum absolute atomic E-state index is 10.1. The molecule has 2 N–H and O–H groups in total. The predicted octanol–water partition coefficient (Wildman–Crippen LogP) is 3.55. The van der Waals surface area contributed by atoms with E-state index in [-0.39, 0.29) is 5.75 Å². The molecule has 2 aliphatic rings. The van der Waals surface area contributed by atoms with Crippen LogP contribution >= 0.6 is 0 Å². The SMILES string of the molecule is CN1CCCN(c2nc(NC3CCN(Cc4ccccc4)CC3)c3ccc(O)cc3n2)CC1. The van der Waals surface area contributed by atoms with Gasteiger partial charge in [-0.3, -0.25) is 4.90 Å². The second kappa shape index (κ2) is 9.93. The first-order valence-corrected chi connectivity index (χ1v) is 12.1. The molecule has 0 atom stereocenters. The number of benzene rings is 2. The number of phenolic OH excluding ortho intramolecular Hbond substituents is 1. The van der Waals surface area contributed by atoms with E-state index < -0.39 is 0 Å². The Bertz CT molecular complexity index is 1070. The third-order valence-corrected chi connectivity index (χ3v) is 6.85. The van der Waals surface area contributed by atoms with Gasteiger partial charge in [-0.2, -0.15) is 4.98 Å². The molecule has 174 valence electrons. The third-order valence-electron chi connectivity index (χ3n) is 6.85. The van der Waals surface area contributed by atoms with E-state index in [2.05, 4.69) is 57.4 Å². The molecule has 0 radical (unpaired) electrons. The summed E-state index contributed by atoms with van der Waals surface area (Å²) in [6.45, 7) is 7.12. The lowest BCUT2D eigenvalue weighted by Crippen LogP contribution is -2.39. The van der Waals surface area contributed by atoms with E-state index in [1.165, 1.54) is 5.56 Å². The summed E-state index contributed by atoms with van der Waals surface area (Å²) in [5.74, 6) is 1.88. The highest BCUT2D eigenvalue weighted by Crippen LogP contribution is 2.29. The van der Waals surface area contributed by atoms with E-state index in [4.69, 9.17) is 9.97 Å². The monoisotopic (exact) mass is 446 g/mol. The Hall–Kier alpha value is -2.90. The molecule has 7 heteroatoms. The van der Waals surface area contributed by atoms with E-state index in [0.29, 0.717) is 6.04 Å². The highest BCUT2D eigenvalue weighted by atomic mass is 16.3. The number of piperidine rings is 1. The van der Waals surface area contributed by atoms with Gasteiger partial charge in [0.1, 0.15) is 11.6 Å². The molecule has 1 aromatic heterocycles. The lowest BCUT2D eigenvalue weighted by Gasteiger charge is -2.33. The molecule has 5 rings (SSSR count). The van der Waals surface area contributed by atoms with E-state index in [1.54, 1.807) is 12.1 Å². The van der Waals surface area contributed by atoms with Crippen molar-refractivity contribution in [2.45, 2.75) is 31.8 Å². The first-order chi connectivity index (χ1) is 16.1. The second-order valence-electron chi connectivity index (χ2n) is 9.40. The quantitative estimate of drug-likeness (QED) is 0.621. The van der Waals surface area contributed by atoms with Gasteiger partial charge in [-0.1, -0.05) is 30.3 Å². The van der Waals surface area contributed by atoms with Gasteiger partial charge < -0.3 is 20.2 Å². The van der Waals surface area contributed by atoms with Gasteiger partial charge in [0.15, 0.2) is 0 Å². The number of hydrogen-bond acceptors (Lipinski definition) is 7. The number of fused-ring (bicyclic) bond motifs is 1.